The number of halogens is 2. The van der Waals surface area contributed by atoms with E-state index >= 15 is 0 Å². The SMILES string of the molecule is CCn1nc(C)n2cc(S(=O)(=O)NCc3cc(F)cc(F)c3)cc2c1=O. The molecule has 0 fully saturated rings. The molecule has 0 aliphatic rings. The van der Waals surface area contributed by atoms with Gasteiger partial charge < -0.3 is 0 Å². The minimum atomic E-state index is -3.99. The third-order valence-corrected chi connectivity index (χ3v) is 5.23. The van der Waals surface area contributed by atoms with Gasteiger partial charge in [-0.15, -0.1) is 0 Å². The minimum absolute atomic E-state index is 0.134. The third-order valence-electron chi connectivity index (χ3n) is 3.86. The second-order valence-corrected chi connectivity index (χ2v) is 7.47. The van der Waals surface area contributed by atoms with Gasteiger partial charge in [0.2, 0.25) is 10.0 Å². The first-order valence-corrected chi connectivity index (χ1v) is 9.24. The smallest absolute Gasteiger partial charge is 0.291 e. The molecule has 10 heteroatoms. The lowest BCUT2D eigenvalue weighted by molar-refractivity contribution is 0.571. The van der Waals surface area contributed by atoms with E-state index < -0.39 is 27.2 Å². The number of nitrogens with one attached hydrogen (secondary N) is 1. The molecule has 138 valence electrons. The Morgan fingerprint density at radius 3 is 2.42 bits per heavy atom. The molecule has 2 heterocycles. The van der Waals surface area contributed by atoms with E-state index in [0.29, 0.717) is 18.4 Å². The van der Waals surface area contributed by atoms with Crippen LogP contribution in [0.3, 0.4) is 0 Å². The number of hydrogen-bond acceptors (Lipinski definition) is 4. The van der Waals surface area contributed by atoms with Crippen LogP contribution in [0.25, 0.3) is 5.52 Å². The van der Waals surface area contributed by atoms with Crippen molar-refractivity contribution in [2.45, 2.75) is 31.8 Å². The van der Waals surface area contributed by atoms with Crippen LogP contribution in [0.15, 0.2) is 40.2 Å². The molecule has 0 radical (unpaired) electrons. The summed E-state index contributed by atoms with van der Waals surface area (Å²) in [5, 5.41) is 4.10. The summed E-state index contributed by atoms with van der Waals surface area (Å²) in [6.45, 7) is 3.47. The van der Waals surface area contributed by atoms with Crippen molar-refractivity contribution in [1.82, 2.24) is 18.9 Å². The molecular formula is C16H16F2N4O3S. The van der Waals surface area contributed by atoms with Gasteiger partial charge in [0.05, 0.1) is 0 Å². The number of hydrogen-bond donors (Lipinski definition) is 1. The Morgan fingerprint density at radius 2 is 1.81 bits per heavy atom. The summed E-state index contributed by atoms with van der Waals surface area (Å²) in [5.74, 6) is -1.14. The van der Waals surface area contributed by atoms with Gasteiger partial charge in [0.15, 0.2) is 0 Å². The lowest BCUT2D eigenvalue weighted by atomic mass is 10.2. The van der Waals surface area contributed by atoms with Crippen LogP contribution in [-0.4, -0.2) is 22.6 Å². The zero-order valence-electron chi connectivity index (χ0n) is 14.0. The molecule has 1 N–H and O–H groups in total. The summed E-state index contributed by atoms with van der Waals surface area (Å²) in [7, 11) is -3.99. The zero-order chi connectivity index (χ0) is 19.1. The highest BCUT2D eigenvalue weighted by Crippen LogP contribution is 2.15. The molecule has 26 heavy (non-hydrogen) atoms. The minimum Gasteiger partial charge on any atom is -0.298 e. The maximum absolute atomic E-state index is 13.2. The van der Waals surface area contributed by atoms with Crippen LogP contribution in [-0.2, 0) is 23.1 Å². The van der Waals surface area contributed by atoms with Gasteiger partial charge in [-0.2, -0.15) is 5.10 Å². The second-order valence-electron chi connectivity index (χ2n) is 5.70. The van der Waals surface area contributed by atoms with Gasteiger partial charge in [0.25, 0.3) is 5.56 Å². The Kier molecular flexibility index (Phi) is 4.63. The van der Waals surface area contributed by atoms with E-state index in [-0.39, 0.29) is 22.5 Å². The summed E-state index contributed by atoms with van der Waals surface area (Å²) in [5.41, 5.74) is -0.0932. The quantitative estimate of drug-likeness (QED) is 0.726. The summed E-state index contributed by atoms with van der Waals surface area (Å²) < 4.78 is 56.3. The number of fused-ring (bicyclic) bond motifs is 1. The number of aromatic nitrogens is 3. The Bertz CT molecular complexity index is 1130. The molecular weight excluding hydrogens is 366 g/mol. The number of aryl methyl sites for hydroxylation is 2. The molecule has 2 aromatic heterocycles. The first-order valence-electron chi connectivity index (χ1n) is 7.75. The van der Waals surface area contributed by atoms with Crippen LogP contribution >= 0.6 is 0 Å². The molecule has 0 unspecified atom stereocenters. The lowest BCUT2D eigenvalue weighted by Crippen LogP contribution is -2.25. The molecule has 0 saturated carbocycles. The summed E-state index contributed by atoms with van der Waals surface area (Å²) >= 11 is 0. The Morgan fingerprint density at radius 1 is 1.15 bits per heavy atom. The highest BCUT2D eigenvalue weighted by molar-refractivity contribution is 7.89. The monoisotopic (exact) mass is 382 g/mol. The topological polar surface area (TPSA) is 85.5 Å². The summed E-state index contributed by atoms with van der Waals surface area (Å²) in [6.07, 6.45) is 1.29. The van der Waals surface area contributed by atoms with Crippen molar-refractivity contribution in [2.75, 3.05) is 0 Å². The summed E-state index contributed by atoms with van der Waals surface area (Å²) in [6, 6.07) is 4.02. The van der Waals surface area contributed by atoms with Crippen LogP contribution < -0.4 is 10.3 Å². The Balaban J connectivity index is 1.95. The maximum Gasteiger partial charge on any atom is 0.291 e. The number of nitrogens with zero attached hydrogens (tertiary/aromatic N) is 3. The van der Waals surface area contributed by atoms with Crippen LogP contribution in [0.1, 0.15) is 18.3 Å². The fraction of sp³-hybridized carbons (Fsp3) is 0.250. The van der Waals surface area contributed by atoms with Crippen molar-refractivity contribution in [3.05, 3.63) is 63.8 Å². The van der Waals surface area contributed by atoms with E-state index in [1.165, 1.54) is 21.3 Å². The molecule has 0 atom stereocenters. The zero-order valence-corrected chi connectivity index (χ0v) is 14.8. The average molecular weight is 382 g/mol. The van der Waals surface area contributed by atoms with Crippen molar-refractivity contribution < 1.29 is 17.2 Å². The Labute approximate surface area is 147 Å². The normalized spacial score (nSPS) is 12.0. The molecule has 0 spiro atoms. The van der Waals surface area contributed by atoms with Crippen LogP contribution in [0.5, 0.6) is 0 Å². The Hall–Kier alpha value is -2.59. The van der Waals surface area contributed by atoms with E-state index in [9.17, 15) is 22.0 Å². The fourth-order valence-corrected chi connectivity index (χ4v) is 3.64. The van der Waals surface area contributed by atoms with Gasteiger partial charge in [0.1, 0.15) is 27.9 Å². The van der Waals surface area contributed by atoms with Crippen molar-refractivity contribution in [3.8, 4) is 0 Å². The predicted octanol–water partition coefficient (Wildman–Crippen LogP) is 1.58. The number of rotatable bonds is 5. The van der Waals surface area contributed by atoms with Crippen LogP contribution in [0.4, 0.5) is 8.78 Å². The van der Waals surface area contributed by atoms with E-state index in [0.717, 1.165) is 12.1 Å². The second kappa shape index (κ2) is 6.61. The summed E-state index contributed by atoms with van der Waals surface area (Å²) in [4.78, 5) is 12.2. The highest BCUT2D eigenvalue weighted by Gasteiger charge is 2.19. The molecule has 1 aromatic carbocycles. The van der Waals surface area contributed by atoms with Crippen LogP contribution in [0, 0.1) is 18.6 Å². The molecule has 0 bridgehead atoms. The van der Waals surface area contributed by atoms with Gasteiger partial charge in [-0.1, -0.05) is 0 Å². The third kappa shape index (κ3) is 3.37. The largest absolute Gasteiger partial charge is 0.298 e. The highest BCUT2D eigenvalue weighted by atomic mass is 32.2. The number of sulfonamides is 1. The average Bonchev–Trinajstić information content (AvgIpc) is 3.03. The molecule has 0 amide bonds. The van der Waals surface area contributed by atoms with Crippen molar-refractivity contribution >= 4 is 15.5 Å². The van der Waals surface area contributed by atoms with Crippen molar-refractivity contribution in [3.63, 3.8) is 0 Å². The molecule has 0 saturated heterocycles. The van der Waals surface area contributed by atoms with E-state index in [1.807, 2.05) is 0 Å². The molecule has 7 nitrogen and oxygen atoms in total. The fourth-order valence-electron chi connectivity index (χ4n) is 2.61. The first kappa shape index (κ1) is 18.2. The van der Waals surface area contributed by atoms with Gasteiger partial charge in [-0.25, -0.2) is 26.6 Å². The predicted molar refractivity (Wildman–Crippen MR) is 90.2 cm³/mol. The van der Waals surface area contributed by atoms with Crippen molar-refractivity contribution in [1.29, 1.82) is 0 Å². The van der Waals surface area contributed by atoms with Gasteiger partial charge in [-0.3, -0.25) is 9.20 Å². The molecule has 3 rings (SSSR count). The van der Waals surface area contributed by atoms with E-state index in [1.54, 1.807) is 13.8 Å². The van der Waals surface area contributed by atoms with Crippen LogP contribution in [0.2, 0.25) is 0 Å². The number of benzene rings is 1. The molecule has 3 aromatic rings. The van der Waals surface area contributed by atoms with Gasteiger partial charge in [0, 0.05) is 25.4 Å². The first-order chi connectivity index (χ1) is 12.2. The van der Waals surface area contributed by atoms with E-state index in [4.69, 9.17) is 0 Å². The molecule has 0 aliphatic heterocycles. The standard InChI is InChI=1S/C16H16F2N4O3S/c1-3-22-16(23)15-7-14(9-21(15)10(2)20-22)26(24,25)19-8-11-4-12(17)6-13(18)5-11/h4-7,9,19H,3,8H2,1-2H3. The van der Waals surface area contributed by atoms with Gasteiger partial charge >= 0.3 is 0 Å². The molecule has 0 aliphatic carbocycles. The van der Waals surface area contributed by atoms with E-state index in [2.05, 4.69) is 9.82 Å². The van der Waals surface area contributed by atoms with Crippen molar-refractivity contribution in [2.24, 2.45) is 0 Å². The van der Waals surface area contributed by atoms with Gasteiger partial charge in [-0.05, 0) is 37.6 Å². The lowest BCUT2D eigenvalue weighted by Gasteiger charge is -2.05. The maximum atomic E-state index is 13.2.